The summed E-state index contributed by atoms with van der Waals surface area (Å²) in [4.78, 5) is 6.75. The van der Waals surface area contributed by atoms with Gasteiger partial charge in [-0.15, -0.1) is 24.0 Å². The molecule has 134 valence electrons. The van der Waals surface area contributed by atoms with Gasteiger partial charge in [-0.1, -0.05) is 12.1 Å². The van der Waals surface area contributed by atoms with E-state index < -0.39 is 0 Å². The number of benzene rings is 1. The van der Waals surface area contributed by atoms with Crippen LogP contribution in [0.5, 0.6) is 0 Å². The Bertz CT molecular complexity index is 538. The molecule has 2 fully saturated rings. The molecule has 24 heavy (non-hydrogen) atoms. The molecule has 6 heteroatoms. The van der Waals surface area contributed by atoms with E-state index in [0.29, 0.717) is 0 Å². The van der Waals surface area contributed by atoms with Crippen molar-refractivity contribution in [1.82, 2.24) is 10.2 Å². The molecule has 2 heterocycles. The molecule has 4 nitrogen and oxygen atoms in total. The first-order valence-electron chi connectivity index (χ1n) is 8.53. The van der Waals surface area contributed by atoms with Crippen molar-refractivity contribution in [2.45, 2.75) is 31.1 Å². The number of guanidine groups is 1. The summed E-state index contributed by atoms with van der Waals surface area (Å²) in [5.74, 6) is 0.798. The van der Waals surface area contributed by atoms with Crippen LogP contribution in [-0.4, -0.2) is 50.8 Å². The van der Waals surface area contributed by atoms with Crippen molar-refractivity contribution in [3.05, 3.63) is 35.6 Å². The Labute approximate surface area is 160 Å². The summed E-state index contributed by atoms with van der Waals surface area (Å²) >= 11 is 0. The zero-order valence-electron chi connectivity index (χ0n) is 14.3. The van der Waals surface area contributed by atoms with Crippen LogP contribution in [0.4, 0.5) is 4.39 Å². The summed E-state index contributed by atoms with van der Waals surface area (Å²) in [6, 6.07) is 6.95. The van der Waals surface area contributed by atoms with Crippen LogP contribution < -0.4 is 5.32 Å². The van der Waals surface area contributed by atoms with Crippen molar-refractivity contribution in [2.24, 2.45) is 4.99 Å². The van der Waals surface area contributed by atoms with Gasteiger partial charge in [0.15, 0.2) is 5.96 Å². The van der Waals surface area contributed by atoms with Crippen molar-refractivity contribution in [3.8, 4) is 0 Å². The van der Waals surface area contributed by atoms with E-state index in [1.807, 2.05) is 19.2 Å². The first-order chi connectivity index (χ1) is 11.2. The van der Waals surface area contributed by atoms with Crippen LogP contribution in [0.3, 0.4) is 0 Å². The van der Waals surface area contributed by atoms with E-state index in [-0.39, 0.29) is 35.2 Å². The van der Waals surface area contributed by atoms with Gasteiger partial charge in [-0.25, -0.2) is 4.39 Å². The fourth-order valence-corrected chi connectivity index (χ4v) is 3.64. The highest BCUT2D eigenvalue weighted by Gasteiger charge is 2.35. The third kappa shape index (κ3) is 4.39. The molecule has 1 aromatic rings. The van der Waals surface area contributed by atoms with Crippen LogP contribution in [0.2, 0.25) is 0 Å². The first-order valence-corrected chi connectivity index (χ1v) is 8.53. The number of ether oxygens (including phenoxy) is 1. The van der Waals surface area contributed by atoms with Crippen molar-refractivity contribution in [2.75, 3.05) is 39.9 Å². The first kappa shape index (κ1) is 19.4. The fraction of sp³-hybridized carbons (Fsp3) is 0.611. The highest BCUT2D eigenvalue weighted by molar-refractivity contribution is 14.0. The third-order valence-electron chi connectivity index (χ3n) is 5.11. The number of halogens is 2. The topological polar surface area (TPSA) is 36.9 Å². The van der Waals surface area contributed by atoms with Crippen LogP contribution in [0, 0.1) is 5.82 Å². The lowest BCUT2D eigenvalue weighted by atomic mass is 9.74. The van der Waals surface area contributed by atoms with Gasteiger partial charge in [-0.3, -0.25) is 4.99 Å². The van der Waals surface area contributed by atoms with E-state index in [1.165, 1.54) is 18.4 Å². The second-order valence-corrected chi connectivity index (χ2v) is 6.49. The van der Waals surface area contributed by atoms with Gasteiger partial charge >= 0.3 is 0 Å². The Hall–Kier alpha value is -0.890. The van der Waals surface area contributed by atoms with E-state index in [9.17, 15) is 4.39 Å². The van der Waals surface area contributed by atoms with Gasteiger partial charge < -0.3 is 15.0 Å². The SMILES string of the molecule is CN=C(NCC1(c2ccc(F)cc2)CCOCC1)N1CCCC1.I. The van der Waals surface area contributed by atoms with Crippen molar-refractivity contribution in [1.29, 1.82) is 0 Å². The van der Waals surface area contributed by atoms with Gasteiger partial charge in [0.1, 0.15) is 5.82 Å². The van der Waals surface area contributed by atoms with Crippen LogP contribution in [0.15, 0.2) is 29.3 Å². The van der Waals surface area contributed by atoms with Crippen molar-refractivity contribution in [3.63, 3.8) is 0 Å². The van der Waals surface area contributed by atoms with Gasteiger partial charge in [0.05, 0.1) is 0 Å². The quantitative estimate of drug-likeness (QED) is 0.440. The monoisotopic (exact) mass is 447 g/mol. The normalized spacial score (nSPS) is 20.6. The third-order valence-corrected chi connectivity index (χ3v) is 5.11. The smallest absolute Gasteiger partial charge is 0.193 e. The molecule has 0 amide bonds. The zero-order valence-corrected chi connectivity index (χ0v) is 16.6. The molecular formula is C18H27FIN3O. The second-order valence-electron chi connectivity index (χ2n) is 6.49. The van der Waals surface area contributed by atoms with E-state index in [1.54, 1.807) is 12.1 Å². The highest BCUT2D eigenvalue weighted by Crippen LogP contribution is 2.34. The highest BCUT2D eigenvalue weighted by atomic mass is 127. The van der Waals surface area contributed by atoms with Gasteiger partial charge in [-0.2, -0.15) is 0 Å². The molecule has 2 aliphatic heterocycles. The minimum Gasteiger partial charge on any atom is -0.381 e. The van der Waals surface area contributed by atoms with Gasteiger partial charge in [0, 0.05) is 45.3 Å². The lowest BCUT2D eigenvalue weighted by molar-refractivity contribution is 0.0512. The summed E-state index contributed by atoms with van der Waals surface area (Å²) in [5, 5.41) is 3.56. The summed E-state index contributed by atoms with van der Waals surface area (Å²) in [6.07, 6.45) is 4.36. The molecule has 0 unspecified atom stereocenters. The molecule has 0 saturated carbocycles. The second kappa shape index (κ2) is 8.99. The predicted octanol–water partition coefficient (Wildman–Crippen LogP) is 3.16. The predicted molar refractivity (Wildman–Crippen MR) is 106 cm³/mol. The van der Waals surface area contributed by atoms with Crippen molar-refractivity contribution >= 4 is 29.9 Å². The summed E-state index contributed by atoms with van der Waals surface area (Å²) in [6.45, 7) is 4.46. The van der Waals surface area contributed by atoms with Crippen LogP contribution in [0.25, 0.3) is 0 Å². The van der Waals surface area contributed by atoms with Gasteiger partial charge in [-0.05, 0) is 43.4 Å². The molecule has 0 aromatic heterocycles. The Kier molecular flexibility index (Phi) is 7.28. The average molecular weight is 447 g/mol. The minimum absolute atomic E-state index is 0. The zero-order chi connectivity index (χ0) is 16.1. The summed E-state index contributed by atoms with van der Waals surface area (Å²) < 4.78 is 18.8. The average Bonchev–Trinajstić information content (AvgIpc) is 3.11. The minimum atomic E-state index is -0.184. The molecule has 0 spiro atoms. The number of nitrogens with one attached hydrogen (secondary N) is 1. The molecular weight excluding hydrogens is 420 g/mol. The standard InChI is InChI=1S/C18H26FN3O.HI/c1-20-17(22-10-2-3-11-22)21-14-18(8-12-23-13-9-18)15-4-6-16(19)7-5-15;/h4-7H,2-3,8-14H2,1H3,(H,20,21);1H. The van der Waals surface area contributed by atoms with E-state index in [4.69, 9.17) is 4.74 Å². The molecule has 1 N–H and O–H groups in total. The molecule has 0 atom stereocenters. The molecule has 2 saturated heterocycles. The maximum atomic E-state index is 13.3. The number of hydrogen-bond acceptors (Lipinski definition) is 2. The van der Waals surface area contributed by atoms with E-state index in [2.05, 4.69) is 15.2 Å². The molecule has 3 rings (SSSR count). The number of nitrogens with zero attached hydrogens (tertiary/aromatic N) is 2. The summed E-state index contributed by atoms with van der Waals surface area (Å²) in [7, 11) is 1.84. The maximum absolute atomic E-state index is 13.3. The number of likely N-dealkylation sites (tertiary alicyclic amines) is 1. The Morgan fingerprint density at radius 1 is 1.21 bits per heavy atom. The Balaban J connectivity index is 0.00000208. The molecule has 0 aliphatic carbocycles. The van der Waals surface area contributed by atoms with E-state index >= 15 is 0 Å². The lowest BCUT2D eigenvalue weighted by Crippen LogP contribution is -2.48. The maximum Gasteiger partial charge on any atom is 0.193 e. The summed E-state index contributed by atoms with van der Waals surface area (Å²) in [5.41, 5.74) is 1.17. The van der Waals surface area contributed by atoms with Crippen LogP contribution in [-0.2, 0) is 10.2 Å². The van der Waals surface area contributed by atoms with Crippen LogP contribution in [0.1, 0.15) is 31.2 Å². The number of rotatable bonds is 3. The lowest BCUT2D eigenvalue weighted by Gasteiger charge is -2.39. The molecule has 0 radical (unpaired) electrons. The number of aliphatic imine (C=N–C) groups is 1. The molecule has 0 bridgehead atoms. The van der Waals surface area contributed by atoms with E-state index in [0.717, 1.165) is 51.6 Å². The van der Waals surface area contributed by atoms with Gasteiger partial charge in [0.25, 0.3) is 0 Å². The number of hydrogen-bond donors (Lipinski definition) is 1. The Morgan fingerprint density at radius 2 is 1.83 bits per heavy atom. The Morgan fingerprint density at radius 3 is 2.42 bits per heavy atom. The largest absolute Gasteiger partial charge is 0.381 e. The van der Waals surface area contributed by atoms with Crippen molar-refractivity contribution < 1.29 is 9.13 Å². The fourth-order valence-electron chi connectivity index (χ4n) is 3.64. The molecule has 1 aromatic carbocycles. The van der Waals surface area contributed by atoms with Gasteiger partial charge in [0.2, 0.25) is 0 Å². The van der Waals surface area contributed by atoms with Crippen LogP contribution >= 0.6 is 24.0 Å². The molecule has 2 aliphatic rings.